The minimum absolute atomic E-state index is 0.0718. The summed E-state index contributed by atoms with van der Waals surface area (Å²) in [5.74, 6) is -2.76. The summed E-state index contributed by atoms with van der Waals surface area (Å²) in [4.78, 5) is 30.1. The molecule has 0 aliphatic heterocycles. The standard InChI is InChI=1S/C6H13NO2.C4H8N2O3/c1-3-4(2)5(7)6(8)9;5-2(4(8)9)1-3(6)7/h4-5H,3,7H2,1-2H3,(H,8,9);2H,1,5H2,(H2,6,7)(H,8,9). The van der Waals surface area contributed by atoms with Gasteiger partial charge in [0.2, 0.25) is 5.91 Å². The summed E-state index contributed by atoms with van der Waals surface area (Å²) < 4.78 is 0. The van der Waals surface area contributed by atoms with Gasteiger partial charge in [0.15, 0.2) is 0 Å². The van der Waals surface area contributed by atoms with Crippen molar-refractivity contribution >= 4 is 17.8 Å². The zero-order valence-electron chi connectivity index (χ0n) is 10.5. The smallest absolute Gasteiger partial charge is 0.321 e. The molecule has 8 N–H and O–H groups in total. The topological polar surface area (TPSA) is 170 Å². The maximum atomic E-state index is 10.2. The molecule has 0 saturated carbocycles. The van der Waals surface area contributed by atoms with Gasteiger partial charge in [-0.15, -0.1) is 0 Å². The van der Waals surface area contributed by atoms with Crippen molar-refractivity contribution in [3.05, 3.63) is 0 Å². The van der Waals surface area contributed by atoms with Crippen molar-refractivity contribution < 1.29 is 24.6 Å². The van der Waals surface area contributed by atoms with Crippen LogP contribution in [0.5, 0.6) is 0 Å². The number of rotatable bonds is 6. The van der Waals surface area contributed by atoms with Crippen molar-refractivity contribution in [1.29, 1.82) is 0 Å². The summed E-state index contributed by atoms with van der Waals surface area (Å²) in [6.45, 7) is 3.76. The summed E-state index contributed by atoms with van der Waals surface area (Å²) in [7, 11) is 0. The third-order valence-electron chi connectivity index (χ3n) is 2.28. The van der Waals surface area contributed by atoms with E-state index in [0.29, 0.717) is 0 Å². The van der Waals surface area contributed by atoms with E-state index in [0.717, 1.165) is 6.42 Å². The molecule has 0 heterocycles. The van der Waals surface area contributed by atoms with Crippen molar-refractivity contribution in [2.45, 2.75) is 38.8 Å². The van der Waals surface area contributed by atoms with Gasteiger partial charge in [-0.05, 0) is 5.92 Å². The fourth-order valence-electron chi connectivity index (χ4n) is 0.801. The van der Waals surface area contributed by atoms with Crippen LogP contribution in [0.2, 0.25) is 0 Å². The first-order valence-electron chi connectivity index (χ1n) is 5.38. The number of carbonyl (C=O) groups is 3. The van der Waals surface area contributed by atoms with Gasteiger partial charge in [-0.2, -0.15) is 0 Å². The fraction of sp³-hybridized carbons (Fsp3) is 0.700. The Labute approximate surface area is 105 Å². The second-order valence-electron chi connectivity index (χ2n) is 3.86. The lowest BCUT2D eigenvalue weighted by molar-refractivity contribution is -0.140. The SMILES string of the molecule is CCC(C)C(N)C(=O)O.NC(=O)CC(N)C(=O)O. The first-order valence-corrected chi connectivity index (χ1v) is 5.38. The number of hydrogen-bond donors (Lipinski definition) is 5. The van der Waals surface area contributed by atoms with Crippen molar-refractivity contribution in [3.63, 3.8) is 0 Å². The molecular formula is C10H21N3O5. The number of carbonyl (C=O) groups excluding carboxylic acids is 1. The Hall–Kier alpha value is -1.67. The molecule has 0 rings (SSSR count). The normalized spacial score (nSPS) is 14.7. The highest BCUT2D eigenvalue weighted by Gasteiger charge is 2.17. The van der Waals surface area contributed by atoms with Gasteiger partial charge in [0.05, 0.1) is 6.42 Å². The highest BCUT2D eigenvalue weighted by atomic mass is 16.4. The quantitative estimate of drug-likeness (QED) is 0.397. The van der Waals surface area contributed by atoms with E-state index in [1.54, 1.807) is 0 Å². The van der Waals surface area contributed by atoms with Crippen LogP contribution in [-0.2, 0) is 14.4 Å². The lowest BCUT2D eigenvalue weighted by Gasteiger charge is -2.11. The Morgan fingerprint density at radius 1 is 1.11 bits per heavy atom. The Morgan fingerprint density at radius 3 is 1.67 bits per heavy atom. The molecule has 18 heavy (non-hydrogen) atoms. The van der Waals surface area contributed by atoms with Crippen LogP contribution in [0.3, 0.4) is 0 Å². The molecule has 8 nitrogen and oxygen atoms in total. The number of amides is 1. The number of carboxylic acid groups (broad SMARTS) is 2. The molecule has 8 heteroatoms. The number of hydrogen-bond acceptors (Lipinski definition) is 5. The van der Waals surface area contributed by atoms with Crippen LogP contribution in [0.25, 0.3) is 0 Å². The largest absolute Gasteiger partial charge is 0.480 e. The first kappa shape index (κ1) is 18.7. The molecule has 3 unspecified atom stereocenters. The van der Waals surface area contributed by atoms with Crippen LogP contribution >= 0.6 is 0 Å². The third-order valence-corrected chi connectivity index (χ3v) is 2.28. The number of aliphatic carboxylic acids is 2. The monoisotopic (exact) mass is 263 g/mol. The lowest BCUT2D eigenvalue weighted by Crippen LogP contribution is -2.36. The van der Waals surface area contributed by atoms with E-state index in [9.17, 15) is 14.4 Å². The molecule has 0 aliphatic rings. The molecule has 3 atom stereocenters. The summed E-state index contributed by atoms with van der Waals surface area (Å²) in [6, 6.07) is -1.86. The van der Waals surface area contributed by atoms with Crippen LogP contribution in [-0.4, -0.2) is 40.1 Å². The van der Waals surface area contributed by atoms with Gasteiger partial charge >= 0.3 is 11.9 Å². The molecule has 0 radical (unpaired) electrons. The molecule has 0 saturated heterocycles. The molecule has 1 amide bonds. The van der Waals surface area contributed by atoms with Crippen LogP contribution in [0.4, 0.5) is 0 Å². The summed E-state index contributed by atoms with van der Waals surface area (Å²) in [5.41, 5.74) is 14.8. The van der Waals surface area contributed by atoms with E-state index >= 15 is 0 Å². The maximum Gasteiger partial charge on any atom is 0.321 e. The van der Waals surface area contributed by atoms with E-state index in [2.05, 4.69) is 5.73 Å². The molecule has 0 spiro atoms. The van der Waals surface area contributed by atoms with E-state index < -0.39 is 29.9 Å². The van der Waals surface area contributed by atoms with Gasteiger partial charge in [-0.1, -0.05) is 20.3 Å². The molecule has 0 aromatic heterocycles. The van der Waals surface area contributed by atoms with Crippen LogP contribution in [0.15, 0.2) is 0 Å². The first-order chi connectivity index (χ1) is 8.13. The fourth-order valence-corrected chi connectivity index (χ4v) is 0.801. The molecular weight excluding hydrogens is 242 g/mol. The maximum absolute atomic E-state index is 10.2. The molecule has 0 fully saturated rings. The summed E-state index contributed by atoms with van der Waals surface area (Å²) in [6.07, 6.45) is 0.503. The van der Waals surface area contributed by atoms with Crippen molar-refractivity contribution in [2.24, 2.45) is 23.1 Å². The second kappa shape index (κ2) is 9.37. The average molecular weight is 263 g/mol. The predicted octanol–water partition coefficient (Wildman–Crippen LogP) is -1.28. The predicted molar refractivity (Wildman–Crippen MR) is 64.5 cm³/mol. The molecule has 106 valence electrons. The Balaban J connectivity index is 0. The van der Waals surface area contributed by atoms with E-state index in [-0.39, 0.29) is 12.3 Å². The number of nitrogens with two attached hydrogens (primary N) is 3. The molecule has 0 aromatic carbocycles. The van der Waals surface area contributed by atoms with Crippen LogP contribution in [0, 0.1) is 5.92 Å². The number of carboxylic acids is 2. The van der Waals surface area contributed by atoms with E-state index in [1.807, 2.05) is 13.8 Å². The average Bonchev–Trinajstić information content (AvgIpc) is 2.26. The van der Waals surface area contributed by atoms with E-state index in [1.165, 1.54) is 0 Å². The zero-order chi connectivity index (χ0) is 14.9. The summed E-state index contributed by atoms with van der Waals surface area (Å²) in [5, 5.41) is 16.5. The van der Waals surface area contributed by atoms with Gasteiger partial charge < -0.3 is 27.4 Å². The van der Waals surface area contributed by atoms with Crippen molar-refractivity contribution in [2.75, 3.05) is 0 Å². The third kappa shape index (κ3) is 9.55. The molecule has 0 bridgehead atoms. The Kier molecular flexibility index (Phi) is 9.73. The van der Waals surface area contributed by atoms with Crippen LogP contribution in [0.1, 0.15) is 26.7 Å². The lowest BCUT2D eigenvalue weighted by atomic mass is 10.0. The highest BCUT2D eigenvalue weighted by Crippen LogP contribution is 2.04. The van der Waals surface area contributed by atoms with Gasteiger partial charge in [-0.25, -0.2) is 0 Å². The van der Waals surface area contributed by atoms with Gasteiger partial charge in [0.1, 0.15) is 12.1 Å². The Bertz CT molecular complexity index is 295. The minimum atomic E-state index is -1.21. The van der Waals surface area contributed by atoms with Gasteiger partial charge in [-0.3, -0.25) is 14.4 Å². The zero-order valence-corrected chi connectivity index (χ0v) is 10.5. The van der Waals surface area contributed by atoms with Crippen LogP contribution < -0.4 is 17.2 Å². The minimum Gasteiger partial charge on any atom is -0.480 e. The van der Waals surface area contributed by atoms with Gasteiger partial charge in [0.25, 0.3) is 0 Å². The van der Waals surface area contributed by atoms with Crippen molar-refractivity contribution in [3.8, 4) is 0 Å². The second-order valence-corrected chi connectivity index (χ2v) is 3.86. The highest BCUT2D eigenvalue weighted by molar-refractivity contribution is 5.83. The van der Waals surface area contributed by atoms with Gasteiger partial charge in [0, 0.05) is 0 Å². The Morgan fingerprint density at radius 2 is 1.56 bits per heavy atom. The number of primary amides is 1. The van der Waals surface area contributed by atoms with Crippen molar-refractivity contribution in [1.82, 2.24) is 0 Å². The molecule has 0 aliphatic carbocycles. The molecule has 0 aromatic rings. The summed E-state index contributed by atoms with van der Waals surface area (Å²) >= 11 is 0. The van der Waals surface area contributed by atoms with E-state index in [4.69, 9.17) is 21.7 Å².